The summed E-state index contributed by atoms with van der Waals surface area (Å²) in [5.74, 6) is 0.161. The molecule has 1 amide bonds. The second kappa shape index (κ2) is 6.12. The number of nitrogens with two attached hydrogens (primary N) is 1. The van der Waals surface area contributed by atoms with Crippen LogP contribution in [0.15, 0.2) is 11.4 Å². The topological polar surface area (TPSA) is 98.3 Å². The van der Waals surface area contributed by atoms with Gasteiger partial charge in [0.1, 0.15) is 0 Å². The molecule has 1 aliphatic carbocycles. The summed E-state index contributed by atoms with van der Waals surface area (Å²) in [5, 5.41) is 15.0. The molecule has 2 rings (SSSR count). The molecule has 6 nitrogen and oxygen atoms in total. The van der Waals surface area contributed by atoms with Crippen LogP contribution in [0.25, 0.3) is 0 Å². The van der Waals surface area contributed by atoms with Gasteiger partial charge in [-0.05, 0) is 18.8 Å². The Labute approximate surface area is 115 Å². The zero-order valence-corrected chi connectivity index (χ0v) is 11.3. The van der Waals surface area contributed by atoms with Crippen molar-refractivity contribution in [2.45, 2.75) is 31.7 Å². The number of nitro groups is 1. The fourth-order valence-corrected chi connectivity index (χ4v) is 3.22. The minimum Gasteiger partial charge on any atom is -0.348 e. The lowest BCUT2D eigenvalue weighted by atomic mass is 9.98. The number of thiophene rings is 1. The van der Waals surface area contributed by atoms with E-state index in [9.17, 15) is 14.9 Å². The zero-order valence-electron chi connectivity index (χ0n) is 10.5. The van der Waals surface area contributed by atoms with Crippen molar-refractivity contribution in [3.8, 4) is 0 Å². The molecule has 3 N–H and O–H groups in total. The first kappa shape index (κ1) is 14.0. The smallest absolute Gasteiger partial charge is 0.324 e. The molecule has 1 fully saturated rings. The minimum atomic E-state index is -0.487. The van der Waals surface area contributed by atoms with Gasteiger partial charge in [-0.2, -0.15) is 0 Å². The molecule has 7 heteroatoms. The average Bonchev–Trinajstić information content (AvgIpc) is 3.05. The van der Waals surface area contributed by atoms with Crippen molar-refractivity contribution in [2.75, 3.05) is 6.54 Å². The maximum absolute atomic E-state index is 12.0. The Morgan fingerprint density at radius 1 is 1.58 bits per heavy atom. The molecule has 1 aromatic rings. The van der Waals surface area contributed by atoms with Crippen LogP contribution in [0.2, 0.25) is 0 Å². The van der Waals surface area contributed by atoms with Crippen LogP contribution in [-0.2, 0) is 0 Å². The van der Waals surface area contributed by atoms with Crippen molar-refractivity contribution in [2.24, 2.45) is 11.7 Å². The van der Waals surface area contributed by atoms with Gasteiger partial charge in [-0.15, -0.1) is 0 Å². The van der Waals surface area contributed by atoms with E-state index in [1.807, 2.05) is 0 Å². The monoisotopic (exact) mass is 283 g/mol. The zero-order chi connectivity index (χ0) is 13.8. The summed E-state index contributed by atoms with van der Waals surface area (Å²) in [7, 11) is 0. The van der Waals surface area contributed by atoms with E-state index < -0.39 is 4.92 Å². The number of hydrogen-bond donors (Lipinski definition) is 2. The highest BCUT2D eigenvalue weighted by atomic mass is 32.1. The van der Waals surface area contributed by atoms with E-state index in [1.54, 1.807) is 0 Å². The number of rotatable bonds is 5. The minimum absolute atomic E-state index is 0.0182. The third-order valence-corrected chi connectivity index (χ3v) is 4.45. The first-order valence-electron chi connectivity index (χ1n) is 6.35. The van der Waals surface area contributed by atoms with E-state index in [0.29, 0.717) is 18.0 Å². The highest BCUT2D eigenvalue weighted by molar-refractivity contribution is 7.13. The Morgan fingerprint density at radius 2 is 2.26 bits per heavy atom. The highest BCUT2D eigenvalue weighted by Crippen LogP contribution is 2.28. The fourth-order valence-electron chi connectivity index (χ4n) is 2.52. The van der Waals surface area contributed by atoms with Gasteiger partial charge in [0, 0.05) is 24.0 Å². The molecule has 0 bridgehead atoms. The summed E-state index contributed by atoms with van der Waals surface area (Å²) in [6.45, 7) is 0.405. The predicted octanol–water partition coefficient (Wildman–Crippen LogP) is 1.90. The van der Waals surface area contributed by atoms with Crippen LogP contribution in [0.5, 0.6) is 0 Å². The second-order valence-corrected chi connectivity index (χ2v) is 5.68. The normalized spacial score (nSPS) is 17.3. The number of hydrogen-bond acceptors (Lipinski definition) is 5. The molecule has 0 spiro atoms. The molecule has 1 atom stereocenters. The van der Waals surface area contributed by atoms with E-state index in [-0.39, 0.29) is 17.0 Å². The maximum atomic E-state index is 12.0. The Kier molecular flexibility index (Phi) is 4.49. The first-order chi connectivity index (χ1) is 9.11. The molecule has 1 unspecified atom stereocenters. The van der Waals surface area contributed by atoms with Gasteiger partial charge in [-0.3, -0.25) is 14.9 Å². The van der Waals surface area contributed by atoms with Gasteiger partial charge < -0.3 is 11.1 Å². The Balaban J connectivity index is 2.00. The number of nitrogens with one attached hydrogen (secondary N) is 1. The summed E-state index contributed by atoms with van der Waals surface area (Å²) >= 11 is 0.962. The molecule has 0 saturated heterocycles. The van der Waals surface area contributed by atoms with Crippen molar-refractivity contribution in [3.63, 3.8) is 0 Å². The van der Waals surface area contributed by atoms with Crippen molar-refractivity contribution in [1.29, 1.82) is 0 Å². The summed E-state index contributed by atoms with van der Waals surface area (Å²) in [6.07, 6.45) is 4.54. The van der Waals surface area contributed by atoms with Crippen LogP contribution >= 0.6 is 11.3 Å². The van der Waals surface area contributed by atoms with Gasteiger partial charge >= 0.3 is 5.00 Å². The Morgan fingerprint density at radius 3 is 2.79 bits per heavy atom. The number of carbonyl (C=O) groups is 1. The molecule has 0 radical (unpaired) electrons. The molecule has 1 heterocycles. The molecule has 0 aliphatic heterocycles. The molecule has 1 aliphatic rings. The van der Waals surface area contributed by atoms with Crippen molar-refractivity contribution < 1.29 is 9.72 Å². The molecule has 1 saturated carbocycles. The van der Waals surface area contributed by atoms with Crippen molar-refractivity contribution in [3.05, 3.63) is 27.1 Å². The summed E-state index contributed by atoms with van der Waals surface area (Å²) in [5.41, 5.74) is 6.05. The van der Waals surface area contributed by atoms with E-state index in [2.05, 4.69) is 5.32 Å². The van der Waals surface area contributed by atoms with Gasteiger partial charge in [0.2, 0.25) is 0 Å². The van der Waals surface area contributed by atoms with Crippen molar-refractivity contribution in [1.82, 2.24) is 5.32 Å². The Hall–Kier alpha value is -1.47. The predicted molar refractivity (Wildman–Crippen MR) is 73.2 cm³/mol. The van der Waals surface area contributed by atoms with Gasteiger partial charge in [-0.25, -0.2) is 0 Å². The largest absolute Gasteiger partial charge is 0.348 e. The van der Waals surface area contributed by atoms with E-state index in [0.717, 1.165) is 24.2 Å². The van der Waals surface area contributed by atoms with Gasteiger partial charge in [0.05, 0.1) is 10.5 Å². The average molecular weight is 283 g/mol. The molecule has 19 heavy (non-hydrogen) atoms. The maximum Gasteiger partial charge on any atom is 0.324 e. The van der Waals surface area contributed by atoms with E-state index in [1.165, 1.54) is 24.3 Å². The SMILES string of the molecule is NCC(NC(=O)c1csc([N+](=O)[O-])c1)C1CCCC1. The molecule has 0 aromatic carbocycles. The van der Waals surface area contributed by atoms with Crippen LogP contribution in [0.3, 0.4) is 0 Å². The Bertz CT molecular complexity index is 469. The summed E-state index contributed by atoms with van der Waals surface area (Å²) in [4.78, 5) is 22.1. The lowest BCUT2D eigenvalue weighted by Gasteiger charge is -2.22. The van der Waals surface area contributed by atoms with Gasteiger partial charge in [-0.1, -0.05) is 24.2 Å². The molecular weight excluding hydrogens is 266 g/mol. The van der Waals surface area contributed by atoms with Crippen LogP contribution in [0.4, 0.5) is 5.00 Å². The third-order valence-electron chi connectivity index (χ3n) is 3.57. The van der Waals surface area contributed by atoms with E-state index >= 15 is 0 Å². The molecule has 104 valence electrons. The number of carbonyl (C=O) groups excluding carboxylic acids is 1. The standard InChI is InChI=1S/C12H17N3O3S/c13-6-10(8-3-1-2-4-8)14-12(16)9-5-11(15(17)18)19-7-9/h5,7-8,10H,1-4,6,13H2,(H,14,16). The number of nitrogens with zero attached hydrogens (tertiary/aromatic N) is 1. The van der Waals surface area contributed by atoms with Crippen LogP contribution in [-0.4, -0.2) is 23.4 Å². The highest BCUT2D eigenvalue weighted by Gasteiger charge is 2.26. The molecule has 1 aromatic heterocycles. The van der Waals surface area contributed by atoms with Crippen LogP contribution in [0.1, 0.15) is 36.0 Å². The fraction of sp³-hybridized carbons (Fsp3) is 0.583. The lowest BCUT2D eigenvalue weighted by Crippen LogP contribution is -2.44. The second-order valence-electron chi connectivity index (χ2n) is 4.79. The molecular formula is C12H17N3O3S. The van der Waals surface area contributed by atoms with Gasteiger partial charge in [0.15, 0.2) is 0 Å². The van der Waals surface area contributed by atoms with Crippen LogP contribution < -0.4 is 11.1 Å². The quantitative estimate of drug-likeness (QED) is 0.637. The van der Waals surface area contributed by atoms with E-state index in [4.69, 9.17) is 5.73 Å². The first-order valence-corrected chi connectivity index (χ1v) is 7.23. The van der Waals surface area contributed by atoms with Crippen molar-refractivity contribution >= 4 is 22.2 Å². The summed E-state index contributed by atoms with van der Waals surface area (Å²) in [6, 6.07) is 1.27. The third kappa shape index (κ3) is 3.30. The summed E-state index contributed by atoms with van der Waals surface area (Å²) < 4.78 is 0. The lowest BCUT2D eigenvalue weighted by molar-refractivity contribution is -0.380. The van der Waals surface area contributed by atoms with Crippen LogP contribution in [0, 0.1) is 16.0 Å². The van der Waals surface area contributed by atoms with Gasteiger partial charge in [0.25, 0.3) is 5.91 Å². The number of amides is 1.